The Labute approximate surface area is 87.8 Å². The first-order valence-corrected chi connectivity index (χ1v) is 5.46. The van der Waals surface area contributed by atoms with Crippen molar-refractivity contribution >= 4 is 0 Å². The lowest BCUT2D eigenvalue weighted by Crippen LogP contribution is -2.21. The summed E-state index contributed by atoms with van der Waals surface area (Å²) in [6.07, 6.45) is 8.34. The predicted molar refractivity (Wildman–Crippen MR) is 61.3 cm³/mol. The first-order chi connectivity index (χ1) is 6.60. The van der Waals surface area contributed by atoms with Crippen molar-refractivity contribution in [3.8, 4) is 0 Å². The van der Waals surface area contributed by atoms with Crippen LogP contribution < -0.4 is 0 Å². The van der Waals surface area contributed by atoms with E-state index in [1.165, 1.54) is 24.8 Å². The van der Waals surface area contributed by atoms with Gasteiger partial charge in [-0.1, -0.05) is 17.7 Å². The molecule has 0 amide bonds. The maximum Gasteiger partial charge on any atom is 0.0648 e. The van der Waals surface area contributed by atoms with Gasteiger partial charge in [0.25, 0.3) is 0 Å². The first kappa shape index (κ1) is 11.5. The Bertz CT molecular complexity index is 219. The molecule has 80 valence electrons. The van der Waals surface area contributed by atoms with Gasteiger partial charge in [-0.2, -0.15) is 0 Å². The van der Waals surface area contributed by atoms with Gasteiger partial charge in [0.2, 0.25) is 0 Å². The number of hydrogen-bond donors (Lipinski definition) is 0. The molecule has 14 heavy (non-hydrogen) atoms. The lowest BCUT2D eigenvalue weighted by Gasteiger charge is -2.22. The molecule has 0 saturated heterocycles. The van der Waals surface area contributed by atoms with E-state index in [0.29, 0.717) is 18.1 Å². The smallest absolute Gasteiger partial charge is 0.0648 e. The van der Waals surface area contributed by atoms with Gasteiger partial charge in [-0.05, 0) is 45.4 Å². The maximum atomic E-state index is 5.70. The number of ether oxygens (including phenoxy) is 1. The lowest BCUT2D eigenvalue weighted by atomic mass is 9.95. The molecule has 1 aliphatic rings. The van der Waals surface area contributed by atoms with E-state index in [-0.39, 0.29) is 0 Å². The van der Waals surface area contributed by atoms with Gasteiger partial charge in [0.05, 0.1) is 12.7 Å². The van der Waals surface area contributed by atoms with Crippen LogP contribution in [0, 0.1) is 5.41 Å². The van der Waals surface area contributed by atoms with Crippen LogP contribution in [0.1, 0.15) is 40.0 Å². The molecule has 0 aromatic rings. The zero-order valence-electron chi connectivity index (χ0n) is 9.68. The fourth-order valence-corrected chi connectivity index (χ4v) is 1.73. The standard InChI is InChI=1S/C13H22O/c1-5-10-14-12(4)13(8-9-13)7-6-11(2)3/h5-6,12H,1,7-10H2,2-4H3/t12-/m1/s1. The van der Waals surface area contributed by atoms with Crippen molar-refractivity contribution in [3.63, 3.8) is 0 Å². The second-order valence-corrected chi connectivity index (χ2v) is 4.61. The highest BCUT2D eigenvalue weighted by Gasteiger charge is 2.46. The molecule has 0 aromatic carbocycles. The minimum atomic E-state index is 0.371. The van der Waals surface area contributed by atoms with Crippen LogP contribution in [0.15, 0.2) is 24.3 Å². The zero-order valence-corrected chi connectivity index (χ0v) is 9.68. The van der Waals surface area contributed by atoms with E-state index in [1.54, 1.807) is 0 Å². The highest BCUT2D eigenvalue weighted by Crippen LogP contribution is 2.53. The van der Waals surface area contributed by atoms with Gasteiger partial charge >= 0.3 is 0 Å². The summed E-state index contributed by atoms with van der Waals surface area (Å²) >= 11 is 0. The predicted octanol–water partition coefficient (Wildman–Crippen LogP) is 3.71. The van der Waals surface area contributed by atoms with Gasteiger partial charge in [-0.25, -0.2) is 0 Å². The van der Waals surface area contributed by atoms with Crippen molar-refractivity contribution in [1.29, 1.82) is 0 Å². The highest BCUT2D eigenvalue weighted by molar-refractivity contribution is 5.06. The van der Waals surface area contributed by atoms with E-state index < -0.39 is 0 Å². The van der Waals surface area contributed by atoms with E-state index in [2.05, 4.69) is 33.4 Å². The summed E-state index contributed by atoms with van der Waals surface area (Å²) in [7, 11) is 0. The Morgan fingerprint density at radius 1 is 1.50 bits per heavy atom. The van der Waals surface area contributed by atoms with Gasteiger partial charge in [0.1, 0.15) is 0 Å². The van der Waals surface area contributed by atoms with Gasteiger partial charge in [-0.15, -0.1) is 6.58 Å². The van der Waals surface area contributed by atoms with E-state index >= 15 is 0 Å². The molecular weight excluding hydrogens is 172 g/mol. The molecule has 0 N–H and O–H groups in total. The van der Waals surface area contributed by atoms with Crippen LogP contribution in [-0.4, -0.2) is 12.7 Å². The topological polar surface area (TPSA) is 9.23 Å². The Morgan fingerprint density at radius 3 is 2.57 bits per heavy atom. The summed E-state index contributed by atoms with van der Waals surface area (Å²) in [6, 6.07) is 0. The maximum absolute atomic E-state index is 5.70. The molecule has 1 nitrogen and oxygen atoms in total. The number of rotatable bonds is 6. The summed E-state index contributed by atoms with van der Waals surface area (Å²) in [5.74, 6) is 0. The summed E-state index contributed by atoms with van der Waals surface area (Å²) < 4.78 is 5.70. The molecule has 0 heterocycles. The molecule has 0 aromatic heterocycles. The third kappa shape index (κ3) is 2.98. The van der Waals surface area contributed by atoms with Crippen molar-refractivity contribution in [2.24, 2.45) is 5.41 Å². The average Bonchev–Trinajstić information content (AvgIpc) is 2.92. The molecule has 0 unspecified atom stereocenters. The lowest BCUT2D eigenvalue weighted by molar-refractivity contribution is 0.0325. The largest absolute Gasteiger partial charge is 0.374 e. The van der Waals surface area contributed by atoms with E-state index in [4.69, 9.17) is 4.74 Å². The van der Waals surface area contributed by atoms with Crippen LogP contribution in [0.4, 0.5) is 0 Å². The van der Waals surface area contributed by atoms with Crippen LogP contribution in [0.3, 0.4) is 0 Å². The van der Waals surface area contributed by atoms with Gasteiger partial charge in [0, 0.05) is 0 Å². The highest BCUT2D eigenvalue weighted by atomic mass is 16.5. The van der Waals surface area contributed by atoms with Crippen LogP contribution >= 0.6 is 0 Å². The van der Waals surface area contributed by atoms with Crippen molar-refractivity contribution in [2.75, 3.05) is 6.61 Å². The molecule has 1 fully saturated rings. The molecule has 0 bridgehead atoms. The molecular formula is C13H22O. The van der Waals surface area contributed by atoms with Crippen molar-refractivity contribution < 1.29 is 4.74 Å². The van der Waals surface area contributed by atoms with E-state index in [9.17, 15) is 0 Å². The fourth-order valence-electron chi connectivity index (χ4n) is 1.73. The SMILES string of the molecule is C=CCO[C@H](C)C1(CC=C(C)C)CC1. The summed E-state index contributed by atoms with van der Waals surface area (Å²) in [5.41, 5.74) is 1.85. The monoisotopic (exact) mass is 194 g/mol. The number of allylic oxidation sites excluding steroid dienone is 2. The minimum absolute atomic E-state index is 0.371. The van der Waals surface area contributed by atoms with E-state index in [0.717, 1.165) is 0 Å². The van der Waals surface area contributed by atoms with Crippen LogP contribution in [-0.2, 0) is 4.74 Å². The van der Waals surface area contributed by atoms with Crippen LogP contribution in [0.2, 0.25) is 0 Å². The Hall–Kier alpha value is -0.560. The summed E-state index contributed by atoms with van der Waals surface area (Å²) in [4.78, 5) is 0. The molecule has 0 radical (unpaired) electrons. The minimum Gasteiger partial charge on any atom is -0.374 e. The quantitative estimate of drug-likeness (QED) is 0.586. The molecule has 1 heteroatoms. The number of hydrogen-bond acceptors (Lipinski definition) is 1. The summed E-state index contributed by atoms with van der Waals surface area (Å²) in [6.45, 7) is 10.9. The summed E-state index contributed by atoms with van der Waals surface area (Å²) in [5, 5.41) is 0. The molecule has 1 rings (SSSR count). The zero-order chi connectivity index (χ0) is 10.6. The van der Waals surface area contributed by atoms with Gasteiger partial charge in [-0.3, -0.25) is 0 Å². The van der Waals surface area contributed by atoms with E-state index in [1.807, 2.05) is 6.08 Å². The van der Waals surface area contributed by atoms with Crippen LogP contribution in [0.25, 0.3) is 0 Å². The van der Waals surface area contributed by atoms with Crippen molar-refractivity contribution in [1.82, 2.24) is 0 Å². The van der Waals surface area contributed by atoms with Crippen molar-refractivity contribution in [3.05, 3.63) is 24.3 Å². The van der Waals surface area contributed by atoms with Gasteiger partial charge < -0.3 is 4.74 Å². The molecule has 1 atom stereocenters. The third-order valence-corrected chi connectivity index (χ3v) is 3.14. The Morgan fingerprint density at radius 2 is 2.14 bits per heavy atom. The second-order valence-electron chi connectivity index (χ2n) is 4.61. The molecule has 1 aliphatic carbocycles. The van der Waals surface area contributed by atoms with Crippen LogP contribution in [0.5, 0.6) is 0 Å². The molecule has 0 spiro atoms. The fraction of sp³-hybridized carbons (Fsp3) is 0.692. The normalized spacial score (nSPS) is 19.9. The first-order valence-electron chi connectivity index (χ1n) is 5.46. The molecule has 0 aliphatic heterocycles. The molecule has 1 saturated carbocycles. The Kier molecular flexibility index (Phi) is 3.94. The average molecular weight is 194 g/mol. The van der Waals surface area contributed by atoms with Gasteiger partial charge in [0.15, 0.2) is 0 Å². The van der Waals surface area contributed by atoms with Crippen molar-refractivity contribution in [2.45, 2.75) is 46.1 Å². The second kappa shape index (κ2) is 4.79. The third-order valence-electron chi connectivity index (χ3n) is 3.14. The Balaban J connectivity index is 2.40.